The first-order valence-corrected chi connectivity index (χ1v) is 33.0. The Labute approximate surface area is 596 Å². The summed E-state index contributed by atoms with van der Waals surface area (Å²) < 4.78 is 22.9. The fourth-order valence-electron chi connectivity index (χ4n) is 12.6. The van der Waals surface area contributed by atoms with Gasteiger partial charge in [-0.2, -0.15) is 0 Å². The first-order chi connectivity index (χ1) is 50.1. The highest BCUT2D eigenvalue weighted by molar-refractivity contribution is 6.00. The van der Waals surface area contributed by atoms with E-state index in [1.54, 1.807) is 66.7 Å². The Hall–Kier alpha value is -13.3. The number of methoxy groups -OCH3 is 2. The number of fused-ring (bicyclic) bond motifs is 8. The monoisotopic (exact) mass is 1350 g/mol. The van der Waals surface area contributed by atoms with Crippen molar-refractivity contribution in [1.82, 2.24) is 0 Å². The van der Waals surface area contributed by atoms with Crippen LogP contribution in [0.2, 0.25) is 0 Å². The molecule has 12 heteroatoms. The zero-order chi connectivity index (χ0) is 71.9. The Morgan fingerprint density at radius 3 is 1.13 bits per heavy atom. The lowest BCUT2D eigenvalue weighted by molar-refractivity contribution is 0.0592. The number of benzene rings is 14. The van der Waals surface area contributed by atoms with E-state index in [9.17, 15) is 34.8 Å². The number of carboxylic acids is 1. The molecule has 2 aliphatic rings. The van der Waals surface area contributed by atoms with Gasteiger partial charge in [-0.15, -0.1) is 6.42 Å². The summed E-state index contributed by atoms with van der Waals surface area (Å²) in [6.07, 6.45) is 14.0. The molecule has 103 heavy (non-hydrogen) atoms. The van der Waals surface area contributed by atoms with E-state index in [2.05, 4.69) is 95.6 Å². The van der Waals surface area contributed by atoms with Crippen LogP contribution < -0.4 is 9.47 Å². The number of ether oxygens (including phenoxy) is 4. The van der Waals surface area contributed by atoms with Gasteiger partial charge in [-0.3, -0.25) is 0 Å². The fourth-order valence-corrected chi connectivity index (χ4v) is 12.6. The first-order valence-electron chi connectivity index (χ1n) is 33.0. The summed E-state index contributed by atoms with van der Waals surface area (Å²) in [4.78, 5) is 33.8. The van der Waals surface area contributed by atoms with E-state index < -0.39 is 22.8 Å². The van der Waals surface area contributed by atoms with Gasteiger partial charge in [0.15, 0.2) is 16.8 Å². The minimum Gasteiger partial charge on any atom is -0.508 e. The second-order valence-electron chi connectivity index (χ2n) is 24.3. The number of hydrogen-bond donors (Lipinski definition) is 5. The maximum Gasteiger partial charge on any atom is 0.337 e. The van der Waals surface area contributed by atoms with Crippen molar-refractivity contribution in [3.8, 4) is 35.3 Å². The molecular weight excluding hydrogens is 1280 g/mol. The molecule has 2 heterocycles. The third-order valence-electron chi connectivity index (χ3n) is 17.9. The van der Waals surface area contributed by atoms with Gasteiger partial charge in [0.05, 0.1) is 37.5 Å². The van der Waals surface area contributed by atoms with Crippen molar-refractivity contribution in [2.45, 2.75) is 23.4 Å². The molecule has 0 spiro atoms. The smallest absolute Gasteiger partial charge is 0.337 e. The van der Waals surface area contributed by atoms with Gasteiger partial charge in [0.25, 0.3) is 0 Å². The molecule has 0 amide bonds. The molecule has 5 N–H and O–H groups in total. The maximum atomic E-state index is 11.9. The third kappa shape index (κ3) is 15.2. The molecule has 14 aromatic rings. The number of esters is 2. The van der Waals surface area contributed by atoms with Crippen molar-refractivity contribution in [1.29, 1.82) is 0 Å². The van der Waals surface area contributed by atoms with Crippen LogP contribution in [-0.4, -0.2) is 57.7 Å². The minimum atomic E-state index is -1.34. The van der Waals surface area contributed by atoms with E-state index in [4.69, 9.17) is 25.7 Å². The summed E-state index contributed by atoms with van der Waals surface area (Å²) in [6, 6.07) is 99.2. The normalized spacial score (nSPS) is 12.6. The van der Waals surface area contributed by atoms with Gasteiger partial charge in [-0.25, -0.2) is 14.4 Å². The van der Waals surface area contributed by atoms with Crippen LogP contribution >= 0.6 is 0 Å². The van der Waals surface area contributed by atoms with Crippen molar-refractivity contribution in [3.63, 3.8) is 0 Å². The van der Waals surface area contributed by atoms with Crippen LogP contribution in [-0.2, 0) is 32.9 Å². The van der Waals surface area contributed by atoms with Gasteiger partial charge in [0, 0.05) is 44.5 Å². The van der Waals surface area contributed by atoms with Crippen molar-refractivity contribution < 1.29 is 58.9 Å². The molecule has 0 fully saturated rings. The summed E-state index contributed by atoms with van der Waals surface area (Å²) in [6.45, 7) is 0.0461. The van der Waals surface area contributed by atoms with E-state index >= 15 is 0 Å². The summed E-state index contributed by atoms with van der Waals surface area (Å²) >= 11 is 0. The lowest BCUT2D eigenvalue weighted by Crippen LogP contribution is -2.34. The Morgan fingerprint density at radius 2 is 0.738 bits per heavy atom. The molecule has 0 saturated heterocycles. The number of aliphatic hydroxyl groups excluding tert-OH is 1. The van der Waals surface area contributed by atoms with Crippen molar-refractivity contribution in [3.05, 3.63) is 394 Å². The number of rotatable bonds is 10. The second kappa shape index (κ2) is 31.3. The van der Waals surface area contributed by atoms with Crippen LogP contribution in [0.15, 0.2) is 328 Å². The van der Waals surface area contributed by atoms with E-state index in [0.717, 1.165) is 93.5 Å². The molecule has 506 valence electrons. The number of phenolic OH excluding ortho intramolecular Hbond substituents is 2. The number of aromatic hydroxyl groups is 2. The molecule has 14 aromatic carbocycles. The maximum absolute atomic E-state index is 11.9. The summed E-state index contributed by atoms with van der Waals surface area (Å²) in [5.41, 5.74) is 7.34. The Morgan fingerprint density at radius 1 is 0.408 bits per heavy atom. The summed E-state index contributed by atoms with van der Waals surface area (Å²) in [5, 5.41) is 54.8. The van der Waals surface area contributed by atoms with Crippen LogP contribution in [0.4, 0.5) is 0 Å². The number of phenols is 2. The quantitative estimate of drug-likeness (QED) is 0.0645. The molecule has 0 aromatic heterocycles. The van der Waals surface area contributed by atoms with Gasteiger partial charge in [0.2, 0.25) is 0 Å². The van der Waals surface area contributed by atoms with Gasteiger partial charge >= 0.3 is 17.9 Å². The van der Waals surface area contributed by atoms with Gasteiger partial charge < -0.3 is 44.5 Å². The third-order valence-corrected chi connectivity index (χ3v) is 17.9. The lowest BCUT2D eigenvalue weighted by atomic mass is 9.83. The van der Waals surface area contributed by atoms with Crippen molar-refractivity contribution in [2.75, 3.05) is 14.2 Å². The molecule has 0 saturated carbocycles. The molecule has 2 aliphatic heterocycles. The Bertz CT molecular complexity index is 5340. The van der Waals surface area contributed by atoms with Crippen LogP contribution in [0.5, 0.6) is 23.0 Å². The van der Waals surface area contributed by atoms with Gasteiger partial charge in [0.1, 0.15) is 23.0 Å². The molecular formula is C91H70O12. The molecule has 0 bridgehead atoms. The molecule has 0 unspecified atom stereocenters. The van der Waals surface area contributed by atoms with E-state index in [1.165, 1.54) is 26.4 Å². The topological polar surface area (TPSA) is 189 Å². The minimum absolute atomic E-state index is 0.0461. The highest BCUT2D eigenvalue weighted by Gasteiger charge is 2.39. The van der Waals surface area contributed by atoms with Crippen molar-refractivity contribution in [2.24, 2.45) is 0 Å². The Balaban J connectivity index is 0.000000126. The average molecular weight is 1360 g/mol. The van der Waals surface area contributed by atoms with E-state index in [-0.39, 0.29) is 35.6 Å². The molecule has 0 radical (unpaired) electrons. The standard InChI is InChI=1S/C27H20O3.C26H20O2.C15H12O.C12H10O3.C11H8O3/c1-29-26(28)20-12-14-23-19(18-20)13-15-25-24(23)16-17-27(30-25,21-8-4-2-5-9-21)22-10-6-3-7-11-22;27-18-19-11-13-23-20(17-19)12-14-25-24(23)15-16-26(28-25,21-7-3-1-4-8-21)22-9-5-2-6-10-22;1-2-15(16,13-9-5-3-6-10-13)14-11-7-4-8-12-14;1-15-12(14)10-3-2-9-7-11(13)5-4-8(9)6-10;12-10-4-3-7-5-9(11(13)14)2-1-8(7)6-10/h2-18H,1H3;1-17,27H,18H2;1,3-12,16H;2-7,13H,1H3;1-6,12H,(H,13,14). The number of carbonyl (C=O) groups excluding carboxylic acids is 2. The largest absolute Gasteiger partial charge is 0.508 e. The fraction of sp³-hybridized carbons (Fsp3) is 0.0659. The van der Waals surface area contributed by atoms with Crippen LogP contribution in [0, 0.1) is 12.3 Å². The SMILES string of the molecule is C#CC(O)(c1ccccc1)c1ccccc1.COC(=O)c1ccc2c3c(ccc2c1)OC(c1ccccc1)(c1ccccc1)C=C3.COC(=O)c1ccc2cc(O)ccc2c1.O=C(O)c1ccc2cc(O)ccc2c1.OCc1ccc2c3c(ccc2c1)OC(c1ccccc1)(c1ccccc1)C=C3. The molecule has 16 rings (SSSR count). The second-order valence-corrected chi connectivity index (χ2v) is 24.3. The summed E-state index contributed by atoms with van der Waals surface area (Å²) in [7, 11) is 2.74. The molecule has 0 atom stereocenters. The number of hydrogen-bond acceptors (Lipinski definition) is 11. The van der Waals surface area contributed by atoms with E-state index in [0.29, 0.717) is 22.3 Å². The van der Waals surface area contributed by atoms with Crippen LogP contribution in [0.25, 0.3) is 55.2 Å². The first kappa shape index (κ1) is 69.6. The zero-order valence-electron chi connectivity index (χ0n) is 56.2. The highest BCUT2D eigenvalue weighted by atomic mass is 16.5. The molecule has 0 aliphatic carbocycles. The van der Waals surface area contributed by atoms with E-state index in [1.807, 2.05) is 176 Å². The number of aliphatic hydroxyl groups is 2. The molecule has 12 nitrogen and oxygen atoms in total. The van der Waals surface area contributed by atoms with Crippen LogP contribution in [0.1, 0.15) is 81.1 Å². The lowest BCUT2D eigenvalue weighted by Gasteiger charge is -2.36. The Kier molecular flexibility index (Phi) is 21.1. The average Bonchev–Trinajstić information content (AvgIpc) is 0.747. The highest BCUT2D eigenvalue weighted by Crippen LogP contribution is 2.46. The van der Waals surface area contributed by atoms with Crippen molar-refractivity contribution >= 4 is 73.1 Å². The number of aromatic carboxylic acids is 1. The van der Waals surface area contributed by atoms with Gasteiger partial charge in [-0.05, 0) is 152 Å². The number of terminal acetylenes is 1. The predicted molar refractivity (Wildman–Crippen MR) is 406 cm³/mol. The van der Waals surface area contributed by atoms with Crippen LogP contribution in [0.3, 0.4) is 0 Å². The predicted octanol–water partition coefficient (Wildman–Crippen LogP) is 18.8. The van der Waals surface area contributed by atoms with Gasteiger partial charge in [-0.1, -0.05) is 243 Å². The number of carbonyl (C=O) groups is 3. The number of carboxylic acid groups (broad SMARTS) is 1. The zero-order valence-corrected chi connectivity index (χ0v) is 56.2. The summed E-state index contributed by atoms with van der Waals surface area (Å²) in [5.74, 6) is 2.89.